The first-order valence-electron chi connectivity index (χ1n) is 12.7. The molecule has 1 fully saturated rings. The van der Waals surface area contributed by atoms with Crippen molar-refractivity contribution in [1.29, 1.82) is 0 Å². The third kappa shape index (κ3) is 6.58. The molecule has 1 aliphatic heterocycles. The fourth-order valence-electron chi connectivity index (χ4n) is 4.30. The molecule has 41 heavy (non-hydrogen) atoms. The number of benzene rings is 2. The fourth-order valence-corrected chi connectivity index (χ4v) is 5.82. The van der Waals surface area contributed by atoms with E-state index in [0.29, 0.717) is 16.2 Å². The van der Waals surface area contributed by atoms with Crippen molar-refractivity contribution in [2.45, 2.75) is 63.9 Å². The number of carbonyl (C=O) groups excluding carboxylic acids is 1. The van der Waals surface area contributed by atoms with E-state index in [2.05, 4.69) is 5.09 Å². The highest BCUT2D eigenvalue weighted by molar-refractivity contribution is 7.52. The van der Waals surface area contributed by atoms with Crippen molar-refractivity contribution in [3.05, 3.63) is 75.3 Å². The summed E-state index contributed by atoms with van der Waals surface area (Å²) < 4.78 is 50.8. The monoisotopic (exact) mass is 595 g/mol. The largest absolute Gasteiger partial charge is 0.462 e. The maximum Gasteiger partial charge on any atom is 0.459 e. The molecule has 13 nitrogen and oxygen atoms in total. The van der Waals surface area contributed by atoms with E-state index in [1.54, 1.807) is 43.1 Å². The topological polar surface area (TPSA) is 178 Å². The van der Waals surface area contributed by atoms with Crippen LogP contribution in [-0.4, -0.2) is 62.3 Å². The van der Waals surface area contributed by atoms with Gasteiger partial charge in [0, 0.05) is 5.39 Å². The first-order chi connectivity index (χ1) is 19.2. The van der Waals surface area contributed by atoms with Gasteiger partial charge in [-0.3, -0.25) is 23.7 Å². The lowest BCUT2D eigenvalue weighted by Gasteiger charge is -2.27. The lowest BCUT2D eigenvalue weighted by molar-refractivity contribution is -0.149. The smallest absolute Gasteiger partial charge is 0.459 e. The van der Waals surface area contributed by atoms with Crippen molar-refractivity contribution in [2.75, 3.05) is 6.61 Å². The maximum absolute atomic E-state index is 14.0. The van der Waals surface area contributed by atoms with Gasteiger partial charge in [-0.1, -0.05) is 36.4 Å². The highest BCUT2D eigenvalue weighted by Gasteiger charge is 2.54. The quantitative estimate of drug-likeness (QED) is 0.199. The number of aromatic nitrogens is 2. The van der Waals surface area contributed by atoms with Crippen molar-refractivity contribution in [2.24, 2.45) is 0 Å². The minimum absolute atomic E-state index is 0.163. The van der Waals surface area contributed by atoms with Crippen LogP contribution in [0.25, 0.3) is 10.8 Å². The van der Waals surface area contributed by atoms with Gasteiger partial charge in [0.05, 0.1) is 18.9 Å². The minimum Gasteiger partial charge on any atom is -0.462 e. The zero-order valence-corrected chi connectivity index (χ0v) is 23.5. The Morgan fingerprint density at radius 2 is 1.90 bits per heavy atom. The number of nitrogens with one attached hydrogen (secondary N) is 2. The first kappa shape index (κ1) is 30.6. The van der Waals surface area contributed by atoms with Crippen LogP contribution in [0.2, 0.25) is 0 Å². The number of hydrogen-bond donors (Lipinski definition) is 4. The highest BCUT2D eigenvalue weighted by Crippen LogP contribution is 2.48. The molecule has 0 spiro atoms. The molecule has 0 unspecified atom stereocenters. The SMILES string of the molecule is CC(C)OC(=O)[C@@H](C)N[P@@](=O)(OC[C@H]1O[C@@H](n2cc(F)c(=O)[nH]c2=O)[C@](C)(O)[C@@H]1O)Oc1cccc2ccccc12. The van der Waals surface area contributed by atoms with E-state index in [0.717, 1.165) is 12.3 Å². The number of carbonyl (C=O) groups is 1. The van der Waals surface area contributed by atoms with Crippen molar-refractivity contribution in [1.82, 2.24) is 14.6 Å². The normalized spacial score (nSPS) is 24.7. The molecule has 0 saturated carbocycles. The van der Waals surface area contributed by atoms with Crippen molar-refractivity contribution < 1.29 is 42.5 Å². The Labute approximate surface area is 233 Å². The molecule has 2 heterocycles. The molecule has 0 bridgehead atoms. The fraction of sp³-hybridized carbons (Fsp3) is 0.423. The van der Waals surface area contributed by atoms with E-state index >= 15 is 0 Å². The van der Waals surface area contributed by atoms with Crippen LogP contribution in [0.3, 0.4) is 0 Å². The zero-order valence-electron chi connectivity index (χ0n) is 22.6. The molecular formula is C26H31FN3O10P. The van der Waals surface area contributed by atoms with Gasteiger partial charge in [-0.15, -0.1) is 0 Å². The van der Waals surface area contributed by atoms with Crippen LogP contribution in [0.4, 0.5) is 4.39 Å². The number of H-pyrrole nitrogens is 1. The Kier molecular flexibility index (Phi) is 8.83. The molecule has 3 aromatic rings. The number of aliphatic hydroxyl groups is 2. The molecule has 1 aromatic heterocycles. The van der Waals surface area contributed by atoms with Gasteiger partial charge in [0.1, 0.15) is 29.6 Å². The van der Waals surface area contributed by atoms with E-state index in [9.17, 15) is 33.6 Å². The number of hydrogen-bond acceptors (Lipinski definition) is 10. The lowest BCUT2D eigenvalue weighted by Crippen LogP contribution is -2.47. The summed E-state index contributed by atoms with van der Waals surface area (Å²) in [6, 6.07) is 11.0. The van der Waals surface area contributed by atoms with Crippen molar-refractivity contribution in [3.63, 3.8) is 0 Å². The van der Waals surface area contributed by atoms with Crippen LogP contribution < -0.4 is 20.9 Å². The third-order valence-electron chi connectivity index (χ3n) is 6.37. The lowest BCUT2D eigenvalue weighted by atomic mass is 9.96. The van der Waals surface area contributed by atoms with Crippen molar-refractivity contribution >= 4 is 24.5 Å². The van der Waals surface area contributed by atoms with E-state index in [1.807, 2.05) is 18.2 Å². The zero-order chi connectivity index (χ0) is 30.1. The van der Waals surface area contributed by atoms with E-state index in [-0.39, 0.29) is 5.75 Å². The number of esters is 1. The Morgan fingerprint density at radius 3 is 2.61 bits per heavy atom. The Balaban J connectivity index is 1.61. The Bertz CT molecular complexity index is 1580. The minimum atomic E-state index is -4.44. The van der Waals surface area contributed by atoms with Crippen LogP contribution in [0.5, 0.6) is 5.75 Å². The molecule has 1 aliphatic rings. The van der Waals surface area contributed by atoms with Crippen molar-refractivity contribution in [3.8, 4) is 5.75 Å². The van der Waals surface area contributed by atoms with Crippen LogP contribution in [0.1, 0.15) is 33.9 Å². The number of halogens is 1. The number of rotatable bonds is 10. The van der Waals surface area contributed by atoms with E-state index < -0.39 is 73.6 Å². The third-order valence-corrected chi connectivity index (χ3v) is 8.00. The second-order valence-corrected chi connectivity index (χ2v) is 11.7. The molecule has 15 heteroatoms. The summed E-state index contributed by atoms with van der Waals surface area (Å²) in [5.74, 6) is -1.89. The van der Waals surface area contributed by atoms with Crippen LogP contribution in [0.15, 0.2) is 58.3 Å². The summed E-state index contributed by atoms with van der Waals surface area (Å²) >= 11 is 0. The summed E-state index contributed by atoms with van der Waals surface area (Å²) in [5.41, 5.74) is -4.54. The van der Waals surface area contributed by atoms with Gasteiger partial charge in [-0.05, 0) is 39.1 Å². The molecule has 1 saturated heterocycles. The Hall–Kier alpha value is -3.39. The maximum atomic E-state index is 14.0. The predicted molar refractivity (Wildman–Crippen MR) is 144 cm³/mol. The predicted octanol–water partition coefficient (Wildman–Crippen LogP) is 1.97. The standard InChI is InChI=1S/C26H31FN3O10P/c1-14(2)38-23(33)15(3)29-41(36,40-19-11-7-9-16-8-5-6-10-17(16)19)37-13-20-21(31)26(4,35)24(39-20)30-12-18(27)22(32)28-25(30)34/h5-12,14-15,20-21,24,31,35H,13H2,1-4H3,(H,29,36)(H,28,32,34)/t15-,20-,21-,24-,26-,41-/m1/s1. The summed E-state index contributed by atoms with van der Waals surface area (Å²) in [4.78, 5) is 37.9. The number of aromatic amines is 1. The van der Waals surface area contributed by atoms with Gasteiger partial charge >= 0.3 is 19.4 Å². The summed E-state index contributed by atoms with van der Waals surface area (Å²) in [6.45, 7) is 5.15. The summed E-state index contributed by atoms with van der Waals surface area (Å²) in [6.07, 6.45) is -4.72. The number of fused-ring (bicyclic) bond motifs is 1. The number of ether oxygens (including phenoxy) is 2. The summed E-state index contributed by atoms with van der Waals surface area (Å²) in [5, 5.41) is 25.6. The van der Waals surface area contributed by atoms with Gasteiger partial charge in [-0.2, -0.15) is 9.48 Å². The molecule has 222 valence electrons. The Morgan fingerprint density at radius 1 is 1.22 bits per heavy atom. The summed E-state index contributed by atoms with van der Waals surface area (Å²) in [7, 11) is -4.44. The first-order valence-corrected chi connectivity index (χ1v) is 14.2. The highest BCUT2D eigenvalue weighted by atomic mass is 31.2. The second-order valence-electron chi connectivity index (χ2n) is 10.0. The second kappa shape index (κ2) is 11.8. The van der Waals surface area contributed by atoms with Gasteiger partial charge in [0.2, 0.25) is 5.82 Å². The molecule has 4 N–H and O–H groups in total. The molecular weight excluding hydrogens is 564 g/mol. The average Bonchev–Trinajstić information content (AvgIpc) is 3.13. The molecule has 2 aromatic carbocycles. The van der Waals surface area contributed by atoms with Gasteiger partial charge in [0.25, 0.3) is 5.56 Å². The van der Waals surface area contributed by atoms with Crippen LogP contribution in [0, 0.1) is 5.82 Å². The van der Waals surface area contributed by atoms with Gasteiger partial charge < -0.3 is 24.2 Å². The van der Waals surface area contributed by atoms with Crippen LogP contribution >= 0.6 is 7.75 Å². The number of aliphatic hydroxyl groups excluding tert-OH is 1. The molecule has 4 rings (SSSR count). The molecule has 0 aliphatic carbocycles. The average molecular weight is 596 g/mol. The molecule has 0 amide bonds. The van der Waals surface area contributed by atoms with Gasteiger partial charge in [0.15, 0.2) is 6.23 Å². The van der Waals surface area contributed by atoms with Crippen LogP contribution in [-0.2, 0) is 23.4 Å². The number of nitrogens with zero attached hydrogens (tertiary/aromatic N) is 1. The molecule has 0 radical (unpaired) electrons. The van der Waals surface area contributed by atoms with E-state index in [1.165, 1.54) is 6.92 Å². The van der Waals surface area contributed by atoms with Gasteiger partial charge in [-0.25, -0.2) is 9.36 Å². The molecule has 6 atom stereocenters. The van der Waals surface area contributed by atoms with E-state index in [4.69, 9.17) is 18.5 Å².